The number of halogens is 1. The van der Waals surface area contributed by atoms with Crippen LogP contribution in [0.4, 0.5) is 0 Å². The van der Waals surface area contributed by atoms with Crippen molar-refractivity contribution in [1.29, 1.82) is 0 Å². The van der Waals surface area contributed by atoms with Gasteiger partial charge in [0.2, 0.25) is 0 Å². The highest BCUT2D eigenvalue weighted by atomic mass is 35.5. The zero-order chi connectivity index (χ0) is 21.3. The Morgan fingerprint density at radius 1 is 0.806 bits per heavy atom. The first-order valence-electron chi connectivity index (χ1n) is 10.4. The lowest BCUT2D eigenvalue weighted by Crippen LogP contribution is -2.06. The fourth-order valence-electron chi connectivity index (χ4n) is 3.67. The molecular formula is C27H25ClN2O. The van der Waals surface area contributed by atoms with Crippen LogP contribution in [0.25, 0.3) is 11.1 Å². The Morgan fingerprint density at radius 2 is 1.45 bits per heavy atom. The lowest BCUT2D eigenvalue weighted by atomic mass is 9.88. The van der Waals surface area contributed by atoms with E-state index in [0.717, 1.165) is 24.3 Å². The fraction of sp³-hybridized carbons (Fsp3) is 0.148. The second kappa shape index (κ2) is 10.6. The number of aromatic nitrogens is 2. The van der Waals surface area contributed by atoms with Crippen LogP contribution in [0.1, 0.15) is 23.1 Å². The first-order valence-corrected chi connectivity index (χ1v) is 11.0. The molecule has 0 N–H and O–H groups in total. The Morgan fingerprint density at radius 3 is 2.06 bits per heavy atom. The van der Waals surface area contributed by atoms with Gasteiger partial charge in [-0.25, -0.2) is 4.98 Å². The van der Waals surface area contributed by atoms with Gasteiger partial charge in [-0.1, -0.05) is 72.8 Å². The lowest BCUT2D eigenvalue weighted by molar-refractivity contribution is 0.298. The van der Waals surface area contributed by atoms with Crippen LogP contribution in [0.5, 0.6) is 5.75 Å². The summed E-state index contributed by atoms with van der Waals surface area (Å²) in [6.07, 6.45) is 6.30. The van der Waals surface area contributed by atoms with Crippen LogP contribution < -0.4 is 4.74 Å². The molecule has 0 radical (unpaired) electrons. The minimum atomic E-state index is 0.565. The van der Waals surface area contributed by atoms with E-state index >= 15 is 0 Å². The standard InChI is InChI=1S/C27H25ClN2O/c28-16-15-26(22-7-3-1-4-8-22)27(23-9-5-2-6-10-23)24-11-13-25(14-12-24)31-20-19-30-18-17-29-21-30/h1-14,17-18,21H,15-16,19-20H2/b27-26+. The molecule has 1 aromatic heterocycles. The number of rotatable bonds is 9. The largest absolute Gasteiger partial charge is 0.492 e. The molecule has 0 fully saturated rings. The van der Waals surface area contributed by atoms with E-state index in [9.17, 15) is 0 Å². The molecule has 1 heterocycles. The summed E-state index contributed by atoms with van der Waals surface area (Å²) >= 11 is 6.23. The van der Waals surface area contributed by atoms with Gasteiger partial charge in [0.05, 0.1) is 12.9 Å². The molecule has 0 saturated carbocycles. The number of ether oxygens (including phenoxy) is 1. The summed E-state index contributed by atoms with van der Waals surface area (Å²) in [4.78, 5) is 4.06. The van der Waals surface area contributed by atoms with Crippen LogP contribution in [0.15, 0.2) is 104 Å². The molecule has 0 unspecified atom stereocenters. The molecule has 0 aliphatic carbocycles. The third-order valence-corrected chi connectivity index (χ3v) is 5.34. The molecular weight excluding hydrogens is 404 g/mol. The van der Waals surface area contributed by atoms with Crippen LogP contribution >= 0.6 is 11.6 Å². The van der Waals surface area contributed by atoms with Crippen molar-refractivity contribution in [3.05, 3.63) is 120 Å². The monoisotopic (exact) mass is 428 g/mol. The molecule has 4 aromatic rings. The Kier molecular flexibility index (Phi) is 7.20. The van der Waals surface area contributed by atoms with Crippen LogP contribution in [-0.2, 0) is 6.54 Å². The smallest absolute Gasteiger partial charge is 0.119 e. The lowest BCUT2D eigenvalue weighted by Gasteiger charge is -2.17. The second-order valence-corrected chi connectivity index (χ2v) is 7.58. The average molecular weight is 429 g/mol. The van der Waals surface area contributed by atoms with Gasteiger partial charge in [-0.05, 0) is 46.4 Å². The molecule has 31 heavy (non-hydrogen) atoms. The topological polar surface area (TPSA) is 27.1 Å². The maximum atomic E-state index is 6.23. The van der Waals surface area contributed by atoms with Crippen molar-refractivity contribution < 1.29 is 4.74 Å². The first kappa shape index (κ1) is 21.0. The molecule has 0 amide bonds. The summed E-state index contributed by atoms with van der Waals surface area (Å²) in [7, 11) is 0. The van der Waals surface area contributed by atoms with Gasteiger partial charge in [-0.2, -0.15) is 0 Å². The normalized spacial score (nSPS) is 11.8. The third-order valence-electron chi connectivity index (χ3n) is 5.15. The van der Waals surface area contributed by atoms with E-state index in [1.165, 1.54) is 22.3 Å². The van der Waals surface area contributed by atoms with Gasteiger partial charge in [-0.15, -0.1) is 11.6 Å². The van der Waals surface area contributed by atoms with Gasteiger partial charge >= 0.3 is 0 Å². The number of nitrogens with zero attached hydrogens (tertiary/aromatic N) is 2. The zero-order valence-electron chi connectivity index (χ0n) is 17.3. The maximum Gasteiger partial charge on any atom is 0.119 e. The third kappa shape index (κ3) is 5.44. The van der Waals surface area contributed by atoms with Crippen molar-refractivity contribution in [1.82, 2.24) is 9.55 Å². The molecule has 4 rings (SSSR count). The van der Waals surface area contributed by atoms with E-state index in [1.54, 1.807) is 12.5 Å². The van der Waals surface area contributed by atoms with E-state index in [2.05, 4.69) is 65.6 Å². The summed E-state index contributed by atoms with van der Waals surface area (Å²) in [6, 6.07) is 29.3. The fourth-order valence-corrected chi connectivity index (χ4v) is 3.86. The number of allylic oxidation sites excluding steroid dienone is 1. The Bertz CT molecular complexity index is 1090. The summed E-state index contributed by atoms with van der Waals surface area (Å²) in [5.74, 6) is 1.42. The van der Waals surface area contributed by atoms with Crippen LogP contribution in [0, 0.1) is 0 Å². The number of imidazole rings is 1. The quantitative estimate of drug-likeness (QED) is 0.223. The molecule has 0 spiro atoms. The number of hydrogen-bond donors (Lipinski definition) is 0. The van der Waals surface area contributed by atoms with Gasteiger partial charge in [0, 0.05) is 18.3 Å². The van der Waals surface area contributed by atoms with Gasteiger partial charge in [0.15, 0.2) is 0 Å². The molecule has 0 saturated heterocycles. The van der Waals surface area contributed by atoms with Gasteiger partial charge < -0.3 is 9.30 Å². The van der Waals surface area contributed by atoms with Crippen LogP contribution in [-0.4, -0.2) is 22.0 Å². The Hall–Kier alpha value is -3.30. The molecule has 3 aromatic carbocycles. The average Bonchev–Trinajstić information content (AvgIpc) is 3.35. The van der Waals surface area contributed by atoms with E-state index < -0.39 is 0 Å². The first-order chi connectivity index (χ1) is 15.3. The summed E-state index contributed by atoms with van der Waals surface area (Å²) in [6.45, 7) is 1.36. The number of alkyl halides is 1. The van der Waals surface area contributed by atoms with Crippen LogP contribution in [0.3, 0.4) is 0 Å². The highest BCUT2D eigenvalue weighted by Gasteiger charge is 2.14. The number of benzene rings is 3. The predicted molar refractivity (Wildman–Crippen MR) is 128 cm³/mol. The van der Waals surface area contributed by atoms with Crippen molar-refractivity contribution in [3.63, 3.8) is 0 Å². The molecule has 0 atom stereocenters. The Labute approximate surface area is 188 Å². The van der Waals surface area contributed by atoms with E-state index in [4.69, 9.17) is 16.3 Å². The minimum Gasteiger partial charge on any atom is -0.492 e. The van der Waals surface area contributed by atoms with Gasteiger partial charge in [-0.3, -0.25) is 0 Å². The maximum absolute atomic E-state index is 6.23. The van der Waals surface area contributed by atoms with Gasteiger partial charge in [0.1, 0.15) is 12.4 Å². The molecule has 0 aliphatic heterocycles. The van der Waals surface area contributed by atoms with Crippen molar-refractivity contribution in [2.24, 2.45) is 0 Å². The SMILES string of the molecule is ClCC/C(=C(/c1ccccc1)c1ccc(OCCn2ccnc2)cc1)c1ccccc1. The van der Waals surface area contributed by atoms with Crippen molar-refractivity contribution >= 4 is 22.7 Å². The molecule has 3 nitrogen and oxygen atoms in total. The molecule has 156 valence electrons. The zero-order valence-corrected chi connectivity index (χ0v) is 18.1. The molecule has 4 heteroatoms. The van der Waals surface area contributed by atoms with E-state index in [0.29, 0.717) is 12.5 Å². The van der Waals surface area contributed by atoms with E-state index in [-0.39, 0.29) is 0 Å². The summed E-state index contributed by atoms with van der Waals surface area (Å²) in [5.41, 5.74) is 5.98. The summed E-state index contributed by atoms with van der Waals surface area (Å²) in [5, 5.41) is 0. The van der Waals surface area contributed by atoms with E-state index in [1.807, 2.05) is 35.0 Å². The predicted octanol–water partition coefficient (Wildman–Crippen LogP) is 6.55. The van der Waals surface area contributed by atoms with Crippen molar-refractivity contribution in [3.8, 4) is 5.75 Å². The van der Waals surface area contributed by atoms with Crippen molar-refractivity contribution in [2.45, 2.75) is 13.0 Å². The summed E-state index contributed by atoms with van der Waals surface area (Å²) < 4.78 is 7.93. The minimum absolute atomic E-state index is 0.565. The molecule has 0 bridgehead atoms. The van der Waals surface area contributed by atoms with Crippen LogP contribution in [0.2, 0.25) is 0 Å². The molecule has 0 aliphatic rings. The van der Waals surface area contributed by atoms with Gasteiger partial charge in [0.25, 0.3) is 0 Å². The Balaban J connectivity index is 1.65. The highest BCUT2D eigenvalue weighted by Crippen LogP contribution is 2.35. The second-order valence-electron chi connectivity index (χ2n) is 7.20. The van der Waals surface area contributed by atoms with Crippen molar-refractivity contribution in [2.75, 3.05) is 12.5 Å². The highest BCUT2D eigenvalue weighted by molar-refractivity contribution is 6.18. The number of hydrogen-bond acceptors (Lipinski definition) is 2.